The summed E-state index contributed by atoms with van der Waals surface area (Å²) in [6, 6.07) is 5.94. The Labute approximate surface area is 99.8 Å². The molecule has 0 radical (unpaired) electrons. The summed E-state index contributed by atoms with van der Waals surface area (Å²) in [5, 5.41) is 1.14. The van der Waals surface area contributed by atoms with Gasteiger partial charge in [-0.2, -0.15) is 0 Å². The average molecular weight is 292 g/mol. The summed E-state index contributed by atoms with van der Waals surface area (Å²) in [6.07, 6.45) is 0. The normalized spacial score (nSPS) is 10.8. The lowest BCUT2D eigenvalue weighted by Gasteiger charge is -2.03. The van der Waals surface area contributed by atoms with Crippen LogP contribution in [0.25, 0.3) is 10.1 Å². The van der Waals surface area contributed by atoms with Gasteiger partial charge in [-0.3, -0.25) is 0 Å². The van der Waals surface area contributed by atoms with E-state index >= 15 is 0 Å². The van der Waals surface area contributed by atoms with Crippen LogP contribution in [0.15, 0.2) is 22.7 Å². The summed E-state index contributed by atoms with van der Waals surface area (Å²) in [7, 11) is 0. The Morgan fingerprint density at radius 3 is 2.93 bits per heavy atom. The van der Waals surface area contributed by atoms with Crippen molar-refractivity contribution in [2.24, 2.45) is 0 Å². The molecule has 0 aliphatic heterocycles. The lowest BCUT2D eigenvalue weighted by Crippen LogP contribution is -1.90. The first-order valence-electron chi connectivity index (χ1n) is 4.22. The number of thiophene rings is 1. The van der Waals surface area contributed by atoms with Crippen molar-refractivity contribution in [3.05, 3.63) is 27.0 Å². The van der Waals surface area contributed by atoms with E-state index in [0.717, 1.165) is 24.6 Å². The molecule has 0 N–H and O–H groups in total. The number of fused-ring (bicyclic) bond motifs is 1. The maximum absolute atomic E-state index is 5.94. The Morgan fingerprint density at radius 2 is 2.21 bits per heavy atom. The molecule has 0 saturated carbocycles. The van der Waals surface area contributed by atoms with Crippen LogP contribution in [0.2, 0.25) is 4.34 Å². The third-order valence-corrected chi connectivity index (χ3v) is 3.71. The van der Waals surface area contributed by atoms with Crippen molar-refractivity contribution in [2.75, 3.05) is 6.61 Å². The molecular weight excluding hydrogens is 284 g/mol. The molecule has 2 rings (SSSR count). The molecule has 0 spiro atoms. The molecule has 0 fully saturated rings. The fourth-order valence-corrected chi connectivity index (χ4v) is 3.18. The molecule has 0 unspecified atom stereocenters. The van der Waals surface area contributed by atoms with Gasteiger partial charge in [0.1, 0.15) is 5.75 Å². The molecule has 0 atom stereocenters. The van der Waals surface area contributed by atoms with Crippen LogP contribution in [0, 0.1) is 0 Å². The van der Waals surface area contributed by atoms with Crippen LogP contribution in [-0.2, 0) is 0 Å². The molecule has 2 aromatic rings. The molecule has 0 aliphatic carbocycles. The van der Waals surface area contributed by atoms with Gasteiger partial charge >= 0.3 is 0 Å². The number of hydrogen-bond acceptors (Lipinski definition) is 2. The zero-order valence-corrected chi connectivity index (χ0v) is 10.7. The van der Waals surface area contributed by atoms with Gasteiger partial charge in [-0.1, -0.05) is 11.6 Å². The van der Waals surface area contributed by atoms with E-state index in [0.29, 0.717) is 6.61 Å². The van der Waals surface area contributed by atoms with Crippen molar-refractivity contribution in [2.45, 2.75) is 6.92 Å². The quantitative estimate of drug-likeness (QED) is 0.778. The van der Waals surface area contributed by atoms with E-state index in [-0.39, 0.29) is 0 Å². The molecule has 14 heavy (non-hydrogen) atoms. The molecule has 0 bridgehead atoms. The fourth-order valence-electron chi connectivity index (χ4n) is 1.29. The molecule has 0 amide bonds. The zero-order valence-electron chi connectivity index (χ0n) is 7.51. The van der Waals surface area contributed by atoms with Gasteiger partial charge in [0, 0.05) is 14.6 Å². The number of hydrogen-bond donors (Lipinski definition) is 0. The Hall–Kier alpha value is -0.250. The molecule has 0 aliphatic rings. The van der Waals surface area contributed by atoms with Gasteiger partial charge < -0.3 is 4.74 Å². The van der Waals surface area contributed by atoms with Crippen molar-refractivity contribution in [3.63, 3.8) is 0 Å². The van der Waals surface area contributed by atoms with Crippen molar-refractivity contribution in [3.8, 4) is 5.75 Å². The van der Waals surface area contributed by atoms with E-state index in [1.165, 1.54) is 0 Å². The Bertz CT molecular complexity index is 466. The van der Waals surface area contributed by atoms with Gasteiger partial charge in [0.15, 0.2) is 0 Å². The van der Waals surface area contributed by atoms with Crippen LogP contribution in [0.1, 0.15) is 6.92 Å². The summed E-state index contributed by atoms with van der Waals surface area (Å²) in [4.78, 5) is 0. The van der Waals surface area contributed by atoms with Crippen LogP contribution >= 0.6 is 38.9 Å². The predicted octanol–water partition coefficient (Wildman–Crippen LogP) is 4.72. The first-order valence-corrected chi connectivity index (χ1v) is 6.21. The average Bonchev–Trinajstić information content (AvgIpc) is 2.47. The maximum Gasteiger partial charge on any atom is 0.121 e. The van der Waals surface area contributed by atoms with Gasteiger partial charge in [0.25, 0.3) is 0 Å². The van der Waals surface area contributed by atoms with Crippen LogP contribution < -0.4 is 4.74 Å². The second-order valence-electron chi connectivity index (χ2n) is 2.80. The van der Waals surface area contributed by atoms with E-state index in [2.05, 4.69) is 15.9 Å². The summed E-state index contributed by atoms with van der Waals surface area (Å²) in [5.74, 6) is 0.880. The lowest BCUT2D eigenvalue weighted by atomic mass is 10.2. The van der Waals surface area contributed by atoms with Gasteiger partial charge in [-0.05, 0) is 41.1 Å². The Morgan fingerprint density at radius 1 is 1.43 bits per heavy atom. The highest BCUT2D eigenvalue weighted by Crippen LogP contribution is 2.37. The van der Waals surface area contributed by atoms with Crippen molar-refractivity contribution >= 4 is 49.0 Å². The largest absolute Gasteiger partial charge is 0.494 e. The van der Waals surface area contributed by atoms with Gasteiger partial charge in [0.05, 0.1) is 10.9 Å². The third-order valence-electron chi connectivity index (χ3n) is 1.84. The molecular formula is C10H8BrClOS. The first kappa shape index (κ1) is 10.3. The van der Waals surface area contributed by atoms with Crippen LogP contribution in [-0.4, -0.2) is 6.61 Å². The van der Waals surface area contributed by atoms with Gasteiger partial charge in [0.2, 0.25) is 0 Å². The number of rotatable bonds is 2. The van der Waals surface area contributed by atoms with Crippen LogP contribution in [0.3, 0.4) is 0 Å². The first-order chi connectivity index (χ1) is 6.70. The second kappa shape index (κ2) is 4.09. The van der Waals surface area contributed by atoms with Crippen LogP contribution in [0.4, 0.5) is 0 Å². The molecule has 74 valence electrons. The highest BCUT2D eigenvalue weighted by Gasteiger charge is 2.06. The van der Waals surface area contributed by atoms with E-state index in [4.69, 9.17) is 16.3 Å². The minimum atomic E-state index is 0.678. The molecule has 1 nitrogen and oxygen atoms in total. The van der Waals surface area contributed by atoms with E-state index in [9.17, 15) is 0 Å². The fraction of sp³-hybridized carbons (Fsp3) is 0.200. The smallest absolute Gasteiger partial charge is 0.121 e. The zero-order chi connectivity index (χ0) is 10.1. The summed E-state index contributed by atoms with van der Waals surface area (Å²) < 4.78 is 8.41. The van der Waals surface area contributed by atoms with Gasteiger partial charge in [-0.15, -0.1) is 11.3 Å². The van der Waals surface area contributed by atoms with E-state index in [1.54, 1.807) is 11.3 Å². The van der Waals surface area contributed by atoms with Crippen molar-refractivity contribution in [1.29, 1.82) is 0 Å². The summed E-state index contributed by atoms with van der Waals surface area (Å²) >= 11 is 11.0. The third kappa shape index (κ3) is 1.90. The standard InChI is InChI=1S/C10H8BrClOS/c1-2-13-6-3-8(11)7-5-10(12)14-9(7)4-6/h3-5H,2H2,1H3. The number of benzene rings is 1. The highest BCUT2D eigenvalue weighted by molar-refractivity contribution is 9.10. The number of ether oxygens (including phenoxy) is 1. The van der Waals surface area contributed by atoms with Crippen molar-refractivity contribution in [1.82, 2.24) is 0 Å². The van der Waals surface area contributed by atoms with E-state index < -0.39 is 0 Å². The monoisotopic (exact) mass is 290 g/mol. The molecule has 1 aromatic carbocycles. The Kier molecular flexibility index (Phi) is 3.00. The molecule has 1 heterocycles. The van der Waals surface area contributed by atoms with Crippen molar-refractivity contribution < 1.29 is 4.74 Å². The SMILES string of the molecule is CCOc1cc(Br)c2cc(Cl)sc2c1. The summed E-state index contributed by atoms with van der Waals surface area (Å²) in [5.41, 5.74) is 0. The maximum atomic E-state index is 5.94. The second-order valence-corrected chi connectivity index (χ2v) is 5.37. The minimum Gasteiger partial charge on any atom is -0.494 e. The predicted molar refractivity (Wildman–Crippen MR) is 65.7 cm³/mol. The number of halogens is 2. The van der Waals surface area contributed by atoms with Gasteiger partial charge in [-0.25, -0.2) is 0 Å². The molecule has 0 saturated heterocycles. The van der Waals surface area contributed by atoms with Crippen LogP contribution in [0.5, 0.6) is 5.75 Å². The topological polar surface area (TPSA) is 9.23 Å². The highest BCUT2D eigenvalue weighted by atomic mass is 79.9. The lowest BCUT2D eigenvalue weighted by molar-refractivity contribution is 0.340. The molecule has 1 aromatic heterocycles. The summed E-state index contributed by atoms with van der Waals surface area (Å²) in [6.45, 7) is 2.65. The van der Waals surface area contributed by atoms with E-state index in [1.807, 2.05) is 25.1 Å². The minimum absolute atomic E-state index is 0.678. The molecule has 4 heteroatoms. The Balaban J connectivity index is 2.59.